The molecule has 1 saturated heterocycles. The van der Waals surface area contributed by atoms with Crippen molar-refractivity contribution in [2.75, 3.05) is 33.8 Å². The maximum Gasteiger partial charge on any atom is 0.122 e. The van der Waals surface area contributed by atoms with Crippen molar-refractivity contribution in [3.63, 3.8) is 0 Å². The van der Waals surface area contributed by atoms with Gasteiger partial charge in [-0.1, -0.05) is 0 Å². The topological polar surface area (TPSA) is 48.3 Å². The largest absolute Gasteiger partial charge is 0.377 e. The predicted molar refractivity (Wildman–Crippen MR) is 66.6 cm³/mol. The van der Waals surface area contributed by atoms with Gasteiger partial charge >= 0.3 is 0 Å². The third-order valence-electron chi connectivity index (χ3n) is 3.98. The van der Waals surface area contributed by atoms with E-state index in [1.807, 2.05) is 7.05 Å². The van der Waals surface area contributed by atoms with E-state index in [-0.39, 0.29) is 5.54 Å². The molecule has 4 heteroatoms. The number of hydrogen-bond donors (Lipinski definition) is 1. The first-order valence-electron chi connectivity index (χ1n) is 6.60. The Labute approximate surface area is 104 Å². The van der Waals surface area contributed by atoms with Gasteiger partial charge in [-0.15, -0.1) is 0 Å². The molecule has 1 aliphatic heterocycles. The van der Waals surface area contributed by atoms with Crippen LogP contribution in [0.3, 0.4) is 0 Å². The van der Waals surface area contributed by atoms with Gasteiger partial charge in [0.1, 0.15) is 5.54 Å². The summed E-state index contributed by atoms with van der Waals surface area (Å²) in [6.07, 6.45) is 5.07. The van der Waals surface area contributed by atoms with E-state index in [2.05, 4.69) is 23.3 Å². The lowest BCUT2D eigenvalue weighted by Gasteiger charge is -2.32. The number of nitrogens with zero attached hydrogens (tertiary/aromatic N) is 2. The number of likely N-dealkylation sites (N-methyl/N-ethyl adjacent to an activating group) is 2. The minimum absolute atomic E-state index is 0.354. The van der Waals surface area contributed by atoms with Gasteiger partial charge in [-0.2, -0.15) is 5.26 Å². The van der Waals surface area contributed by atoms with Gasteiger partial charge in [0, 0.05) is 19.7 Å². The number of rotatable bonds is 6. The molecule has 96 valence electrons. The summed E-state index contributed by atoms with van der Waals surface area (Å²) in [6, 6.07) is 2.49. The van der Waals surface area contributed by atoms with Crippen molar-refractivity contribution < 1.29 is 4.74 Å². The van der Waals surface area contributed by atoms with Gasteiger partial charge in [-0.3, -0.25) is 0 Å². The van der Waals surface area contributed by atoms with Crippen molar-refractivity contribution in [3.8, 4) is 6.07 Å². The highest BCUT2D eigenvalue weighted by atomic mass is 16.5. The molecule has 0 bridgehead atoms. The van der Waals surface area contributed by atoms with E-state index in [1.54, 1.807) is 0 Å². The van der Waals surface area contributed by atoms with Crippen molar-refractivity contribution in [1.82, 2.24) is 10.2 Å². The fourth-order valence-corrected chi connectivity index (χ4v) is 2.80. The molecule has 2 fully saturated rings. The van der Waals surface area contributed by atoms with Crippen molar-refractivity contribution in [3.05, 3.63) is 0 Å². The molecule has 0 radical (unpaired) electrons. The third-order valence-corrected chi connectivity index (χ3v) is 3.98. The van der Waals surface area contributed by atoms with Gasteiger partial charge in [0.15, 0.2) is 0 Å². The number of nitrogens with one attached hydrogen (secondary N) is 1. The standard InChI is InChI=1S/C13H23N3O/c1-15-13(9-14,11-5-6-11)10-16(2)8-12-4-3-7-17-12/h11-12,15H,3-8,10H2,1-2H3. The molecular weight excluding hydrogens is 214 g/mol. The van der Waals surface area contributed by atoms with Crippen LogP contribution in [-0.2, 0) is 4.74 Å². The Morgan fingerprint density at radius 2 is 2.24 bits per heavy atom. The van der Waals surface area contributed by atoms with Crippen molar-refractivity contribution in [2.24, 2.45) is 5.92 Å². The molecule has 2 aliphatic rings. The van der Waals surface area contributed by atoms with Crippen LogP contribution >= 0.6 is 0 Å². The Morgan fingerprint density at radius 1 is 1.47 bits per heavy atom. The van der Waals surface area contributed by atoms with Crippen molar-refractivity contribution in [2.45, 2.75) is 37.3 Å². The van der Waals surface area contributed by atoms with E-state index in [9.17, 15) is 5.26 Å². The summed E-state index contributed by atoms with van der Waals surface area (Å²) in [7, 11) is 3.99. The molecule has 0 aromatic heterocycles. The lowest BCUT2D eigenvalue weighted by atomic mass is 9.94. The molecule has 0 aromatic carbocycles. The van der Waals surface area contributed by atoms with E-state index in [1.165, 1.54) is 19.3 Å². The highest BCUT2D eigenvalue weighted by Crippen LogP contribution is 2.39. The second kappa shape index (κ2) is 5.34. The lowest BCUT2D eigenvalue weighted by Crippen LogP contribution is -2.53. The maximum absolute atomic E-state index is 9.43. The first-order valence-corrected chi connectivity index (χ1v) is 6.60. The van der Waals surface area contributed by atoms with Crippen LogP contribution < -0.4 is 5.32 Å². The van der Waals surface area contributed by atoms with Gasteiger partial charge in [0.2, 0.25) is 0 Å². The van der Waals surface area contributed by atoms with E-state index in [4.69, 9.17) is 4.74 Å². The zero-order valence-corrected chi connectivity index (χ0v) is 10.9. The number of hydrogen-bond acceptors (Lipinski definition) is 4. The summed E-state index contributed by atoms with van der Waals surface area (Å²) in [5.74, 6) is 0.532. The van der Waals surface area contributed by atoms with Gasteiger partial charge in [0.05, 0.1) is 12.2 Å². The van der Waals surface area contributed by atoms with E-state index in [0.29, 0.717) is 12.0 Å². The predicted octanol–water partition coefficient (Wildman–Crippen LogP) is 0.989. The van der Waals surface area contributed by atoms with Gasteiger partial charge in [0.25, 0.3) is 0 Å². The first-order chi connectivity index (χ1) is 8.20. The number of nitriles is 1. The lowest BCUT2D eigenvalue weighted by molar-refractivity contribution is 0.0741. The van der Waals surface area contributed by atoms with E-state index < -0.39 is 0 Å². The number of ether oxygens (including phenoxy) is 1. The van der Waals surface area contributed by atoms with Crippen LogP contribution in [0.5, 0.6) is 0 Å². The summed E-state index contributed by atoms with van der Waals surface area (Å²) in [4.78, 5) is 2.24. The molecule has 0 aromatic rings. The van der Waals surface area contributed by atoms with Crippen LogP contribution in [0.1, 0.15) is 25.7 Å². The normalized spacial score (nSPS) is 28.0. The molecule has 1 saturated carbocycles. The maximum atomic E-state index is 9.43. The van der Waals surface area contributed by atoms with Crippen LogP contribution in [0.15, 0.2) is 0 Å². The molecule has 0 spiro atoms. The Hall–Kier alpha value is -0.630. The second-order valence-electron chi connectivity index (χ2n) is 5.44. The molecule has 2 unspecified atom stereocenters. The molecule has 1 heterocycles. The van der Waals surface area contributed by atoms with Crippen LogP contribution in [0, 0.1) is 17.2 Å². The first kappa shape index (κ1) is 12.8. The van der Waals surface area contributed by atoms with Gasteiger partial charge in [-0.05, 0) is 45.7 Å². The van der Waals surface area contributed by atoms with Gasteiger partial charge < -0.3 is 15.0 Å². The van der Waals surface area contributed by atoms with E-state index in [0.717, 1.165) is 26.1 Å². The van der Waals surface area contributed by atoms with Crippen LogP contribution in [0.25, 0.3) is 0 Å². The molecule has 4 nitrogen and oxygen atoms in total. The zero-order valence-electron chi connectivity index (χ0n) is 10.9. The highest BCUT2D eigenvalue weighted by Gasteiger charge is 2.45. The minimum Gasteiger partial charge on any atom is -0.377 e. The van der Waals surface area contributed by atoms with Crippen LogP contribution in [-0.4, -0.2) is 50.3 Å². The molecule has 0 amide bonds. The monoisotopic (exact) mass is 237 g/mol. The zero-order chi connectivity index (χ0) is 12.3. The fraction of sp³-hybridized carbons (Fsp3) is 0.923. The molecule has 2 atom stereocenters. The summed E-state index contributed by atoms with van der Waals surface area (Å²) in [6.45, 7) is 2.64. The molecule has 1 N–H and O–H groups in total. The average molecular weight is 237 g/mol. The smallest absolute Gasteiger partial charge is 0.122 e. The van der Waals surface area contributed by atoms with Crippen molar-refractivity contribution >= 4 is 0 Å². The molecular formula is C13H23N3O. The summed E-state index contributed by atoms with van der Waals surface area (Å²) in [5, 5.41) is 12.7. The Bertz CT molecular complexity index is 292. The quantitative estimate of drug-likeness (QED) is 0.748. The Balaban J connectivity index is 1.86. The average Bonchev–Trinajstić information content (AvgIpc) is 3.07. The van der Waals surface area contributed by atoms with Gasteiger partial charge in [-0.25, -0.2) is 0 Å². The fourth-order valence-electron chi connectivity index (χ4n) is 2.80. The second-order valence-corrected chi connectivity index (χ2v) is 5.44. The molecule has 2 rings (SSSR count). The van der Waals surface area contributed by atoms with E-state index >= 15 is 0 Å². The Kier molecular flexibility index (Phi) is 4.03. The SMILES string of the molecule is CNC(C#N)(CN(C)CC1CCCO1)C1CC1. The summed E-state index contributed by atoms with van der Waals surface area (Å²) < 4.78 is 5.64. The summed E-state index contributed by atoms with van der Waals surface area (Å²) >= 11 is 0. The molecule has 1 aliphatic carbocycles. The molecule has 17 heavy (non-hydrogen) atoms. The highest BCUT2D eigenvalue weighted by molar-refractivity contribution is 5.16. The van der Waals surface area contributed by atoms with Crippen LogP contribution in [0.4, 0.5) is 0 Å². The minimum atomic E-state index is -0.354. The van der Waals surface area contributed by atoms with Crippen LogP contribution in [0.2, 0.25) is 0 Å². The van der Waals surface area contributed by atoms with Crippen molar-refractivity contribution in [1.29, 1.82) is 5.26 Å². The third kappa shape index (κ3) is 2.98. The Morgan fingerprint density at radius 3 is 2.71 bits per heavy atom. The summed E-state index contributed by atoms with van der Waals surface area (Å²) in [5.41, 5.74) is -0.354.